The number of hydrogen-bond acceptors (Lipinski definition) is 13. The number of carbonyl (C=O) groups is 3. The van der Waals surface area contributed by atoms with Gasteiger partial charge in [-0.2, -0.15) is 0 Å². The van der Waals surface area contributed by atoms with Crippen molar-refractivity contribution in [3.8, 4) is 16.2 Å². The Balaban J connectivity index is 0.689. The van der Waals surface area contributed by atoms with E-state index < -0.39 is 18.1 Å². The number of rotatable bonds is 28. The molecule has 0 bridgehead atoms. The molecule has 9 atom stereocenters. The van der Waals surface area contributed by atoms with E-state index in [0.29, 0.717) is 88.7 Å². The first-order chi connectivity index (χ1) is 33.3. The van der Waals surface area contributed by atoms with Crippen molar-refractivity contribution in [1.29, 1.82) is 0 Å². The van der Waals surface area contributed by atoms with Gasteiger partial charge in [-0.25, -0.2) is 4.98 Å². The van der Waals surface area contributed by atoms with E-state index in [4.69, 9.17) is 23.7 Å². The summed E-state index contributed by atoms with van der Waals surface area (Å²) in [5, 5.41) is 31.7. The van der Waals surface area contributed by atoms with E-state index in [2.05, 4.69) is 18.0 Å². The molecule has 13 nitrogen and oxygen atoms in total. The highest BCUT2D eigenvalue weighted by atomic mass is 32.1. The summed E-state index contributed by atoms with van der Waals surface area (Å²) in [6, 6.07) is 13.4. The van der Waals surface area contributed by atoms with Crippen molar-refractivity contribution in [2.24, 2.45) is 35.0 Å². The highest BCUT2D eigenvalue weighted by molar-refractivity contribution is 7.13. The molecule has 2 saturated carbocycles. The fourth-order valence-electron chi connectivity index (χ4n) is 12.0. The Bertz CT molecular complexity index is 2110. The molecule has 1 aromatic heterocycles. The number of likely N-dealkylation sites (tertiary alicyclic amines) is 1. The molecule has 0 spiro atoms. The van der Waals surface area contributed by atoms with Crippen LogP contribution in [0.3, 0.4) is 0 Å². The standard InChI is InChI=1S/C55H78N2O11S/c1-36(2)47(54(63)57-33-43(59)32-49(57)50(61)16-10-38-8-11-39(12-9-38)53-37(3)56-35-69-53)31-44(60)34-68-28-27-67-26-25-66-24-23-65-22-21-64-20-6-5-7-40-29-41-30-42(58)13-14-45(41)46-18-19-55(4)48(52(40)46)15-17-51(55)62/h8-9,11-14,30,35-36,40,43,46-49,51-52,58-59,62H,5-7,10,15-29,31-34H2,1-4H3/t40-,43-,46-,47+,48+,49+,51+,52-,55+/m1/s1. The molecular weight excluding hydrogens is 897 g/mol. The van der Waals surface area contributed by atoms with Gasteiger partial charge in [0.1, 0.15) is 12.4 Å². The molecule has 0 radical (unpaired) electrons. The summed E-state index contributed by atoms with van der Waals surface area (Å²) in [4.78, 5) is 47.2. The molecule has 14 heteroatoms. The maximum absolute atomic E-state index is 13.8. The average Bonchev–Trinajstić information content (AvgIpc) is 4.04. The quantitative estimate of drug-likeness (QED) is 0.0601. The lowest BCUT2D eigenvalue weighted by molar-refractivity contribution is -0.144. The number of β-amino-alcohol motifs (C(OH)–C–C–N with tert-alkyl or cyclic N) is 1. The number of aliphatic hydroxyl groups is 2. The van der Waals surface area contributed by atoms with Crippen molar-refractivity contribution in [2.75, 3.05) is 72.6 Å². The van der Waals surface area contributed by atoms with Gasteiger partial charge in [0, 0.05) is 38.3 Å². The topological polar surface area (TPSA) is 174 Å². The second kappa shape index (κ2) is 25.7. The number of hydrogen-bond donors (Lipinski definition) is 3. The van der Waals surface area contributed by atoms with Gasteiger partial charge < -0.3 is 43.9 Å². The minimum absolute atomic E-state index is 0.00296. The molecule has 3 aromatic rings. The van der Waals surface area contributed by atoms with Crippen LogP contribution in [0.15, 0.2) is 48.0 Å². The fourth-order valence-corrected chi connectivity index (χ4v) is 12.8. The Labute approximate surface area is 413 Å². The third kappa shape index (κ3) is 13.9. The van der Waals surface area contributed by atoms with Crippen molar-refractivity contribution in [3.63, 3.8) is 0 Å². The van der Waals surface area contributed by atoms with Gasteiger partial charge >= 0.3 is 0 Å². The molecule has 69 heavy (non-hydrogen) atoms. The first kappa shape index (κ1) is 53.2. The van der Waals surface area contributed by atoms with Gasteiger partial charge in [0.25, 0.3) is 0 Å². The van der Waals surface area contributed by atoms with Gasteiger partial charge in [0.2, 0.25) is 5.91 Å². The van der Waals surface area contributed by atoms with Crippen LogP contribution in [0.2, 0.25) is 0 Å². The summed E-state index contributed by atoms with van der Waals surface area (Å²) in [6.07, 6.45) is 8.48. The number of Topliss-reactive ketones (excluding diaryl/α,β-unsaturated/α-hetero) is 2. The van der Waals surface area contributed by atoms with Crippen LogP contribution in [0.5, 0.6) is 5.75 Å². The molecule has 380 valence electrons. The number of nitrogens with zero attached hydrogens (tertiary/aromatic N) is 2. The largest absolute Gasteiger partial charge is 0.508 e. The molecule has 7 rings (SSSR count). The maximum Gasteiger partial charge on any atom is 0.227 e. The minimum Gasteiger partial charge on any atom is -0.508 e. The van der Waals surface area contributed by atoms with Crippen LogP contribution in [-0.4, -0.2) is 134 Å². The number of fused-ring (bicyclic) bond motifs is 5. The number of phenols is 1. The van der Waals surface area contributed by atoms with Crippen LogP contribution in [0.25, 0.3) is 10.4 Å². The number of aromatic hydroxyl groups is 1. The lowest BCUT2D eigenvalue weighted by Gasteiger charge is -2.53. The molecule has 3 N–H and O–H groups in total. The van der Waals surface area contributed by atoms with Crippen molar-refractivity contribution in [3.05, 3.63) is 70.4 Å². The zero-order valence-electron chi connectivity index (χ0n) is 41.5. The maximum atomic E-state index is 13.8. The number of amides is 1. The summed E-state index contributed by atoms with van der Waals surface area (Å²) in [5.74, 6) is 1.26. The van der Waals surface area contributed by atoms with E-state index in [-0.39, 0.29) is 73.9 Å². The number of ketones is 2. The van der Waals surface area contributed by atoms with Crippen LogP contribution in [0.4, 0.5) is 0 Å². The number of aliphatic hydroxyl groups excluding tert-OH is 2. The first-order valence-electron chi connectivity index (χ1n) is 25.7. The van der Waals surface area contributed by atoms with Gasteiger partial charge in [-0.1, -0.05) is 57.5 Å². The van der Waals surface area contributed by atoms with Gasteiger partial charge in [0.15, 0.2) is 11.6 Å². The summed E-state index contributed by atoms with van der Waals surface area (Å²) in [6.45, 7) is 12.0. The number of unbranched alkanes of at least 4 members (excludes halogenated alkanes) is 1. The Kier molecular flexibility index (Phi) is 19.8. The Hall–Kier alpha value is -3.60. The number of carbonyl (C=O) groups excluding carboxylic acids is 3. The van der Waals surface area contributed by atoms with Gasteiger partial charge in [0.05, 0.1) is 87.2 Å². The molecule has 0 unspecified atom stereocenters. The zero-order valence-corrected chi connectivity index (χ0v) is 42.3. The normalized spacial score (nSPS) is 25.7. The van der Waals surface area contributed by atoms with E-state index in [1.54, 1.807) is 11.3 Å². The predicted octanol–water partition coefficient (Wildman–Crippen LogP) is 7.92. The van der Waals surface area contributed by atoms with Gasteiger partial charge in [-0.3, -0.25) is 14.4 Å². The van der Waals surface area contributed by atoms with Gasteiger partial charge in [-0.05, 0) is 128 Å². The van der Waals surface area contributed by atoms with Crippen LogP contribution in [0.1, 0.15) is 113 Å². The van der Waals surface area contributed by atoms with Crippen molar-refractivity contribution in [1.82, 2.24) is 9.88 Å². The van der Waals surface area contributed by atoms with E-state index in [9.17, 15) is 29.7 Å². The lowest BCUT2D eigenvalue weighted by Crippen LogP contribution is -2.47. The monoisotopic (exact) mass is 975 g/mol. The number of thiazole rings is 1. The minimum atomic E-state index is -0.787. The van der Waals surface area contributed by atoms with E-state index in [1.807, 2.05) is 62.7 Å². The van der Waals surface area contributed by atoms with E-state index in [0.717, 1.165) is 73.1 Å². The van der Waals surface area contributed by atoms with Crippen LogP contribution in [0, 0.1) is 41.9 Å². The second-order valence-electron chi connectivity index (χ2n) is 20.7. The summed E-state index contributed by atoms with van der Waals surface area (Å²) < 4.78 is 28.4. The number of benzene rings is 2. The summed E-state index contributed by atoms with van der Waals surface area (Å²) in [7, 11) is 0. The highest BCUT2D eigenvalue weighted by Crippen LogP contribution is 2.62. The molecule has 1 saturated heterocycles. The van der Waals surface area contributed by atoms with Crippen LogP contribution in [-0.2, 0) is 50.9 Å². The molecule has 2 heterocycles. The Morgan fingerprint density at radius 2 is 1.55 bits per heavy atom. The lowest BCUT2D eigenvalue weighted by atomic mass is 9.52. The number of aromatic nitrogens is 1. The smallest absolute Gasteiger partial charge is 0.227 e. The number of ether oxygens (including phenoxy) is 5. The molecular formula is C55H78N2O11S. The van der Waals surface area contributed by atoms with Crippen molar-refractivity contribution in [2.45, 2.75) is 129 Å². The SMILES string of the molecule is Cc1ncsc1-c1ccc(CCC(=O)[C@@H]2C[C@@H](O)CN2C(=O)[C@@H](CC(=O)COCCOCCOCCOCCOCCCC[C@@H]2Cc3cc(O)ccc3[C@H]3CC[C@]4(C)[C@@H](O)CC[C@H]4[C@H]23)C(C)C)cc1. The van der Waals surface area contributed by atoms with Crippen molar-refractivity contribution < 1.29 is 53.4 Å². The van der Waals surface area contributed by atoms with Gasteiger partial charge in [-0.15, -0.1) is 11.3 Å². The third-order valence-corrected chi connectivity index (χ3v) is 16.8. The Morgan fingerprint density at radius 3 is 2.22 bits per heavy atom. The third-order valence-electron chi connectivity index (χ3n) is 15.8. The molecule has 3 fully saturated rings. The molecule has 3 aliphatic carbocycles. The molecule has 4 aliphatic rings. The van der Waals surface area contributed by atoms with E-state index >= 15 is 0 Å². The Morgan fingerprint density at radius 1 is 0.870 bits per heavy atom. The summed E-state index contributed by atoms with van der Waals surface area (Å²) in [5.41, 5.74) is 7.70. The zero-order chi connectivity index (χ0) is 48.9. The number of phenolic OH excluding ortho intramolecular Hbond substituents is 1. The summed E-state index contributed by atoms with van der Waals surface area (Å²) >= 11 is 1.60. The molecule has 1 aliphatic heterocycles. The van der Waals surface area contributed by atoms with Crippen LogP contribution < -0.4 is 0 Å². The predicted molar refractivity (Wildman–Crippen MR) is 265 cm³/mol. The number of aryl methyl sites for hydroxylation is 2. The van der Waals surface area contributed by atoms with Crippen LogP contribution >= 0.6 is 11.3 Å². The average molecular weight is 975 g/mol. The van der Waals surface area contributed by atoms with E-state index in [1.165, 1.54) is 16.0 Å². The highest BCUT2D eigenvalue weighted by Gasteiger charge is 2.56. The second-order valence-corrected chi connectivity index (χ2v) is 21.5. The fraction of sp³-hybridized carbons (Fsp3) is 0.673. The molecule has 1 amide bonds. The first-order valence-corrected chi connectivity index (χ1v) is 26.6. The van der Waals surface area contributed by atoms with Crippen molar-refractivity contribution >= 4 is 28.8 Å². The molecule has 2 aromatic carbocycles.